The molecule has 0 bridgehead atoms. The van der Waals surface area contributed by atoms with Crippen LogP contribution in [0, 0.1) is 0 Å². The molecule has 1 aromatic rings. The van der Waals surface area contributed by atoms with Crippen molar-refractivity contribution in [2.75, 3.05) is 12.9 Å². The number of methoxy groups -OCH3 is 1. The molecular weight excluding hydrogens is 272 g/mol. The third-order valence-corrected chi connectivity index (χ3v) is 3.55. The molecule has 0 aliphatic carbocycles. The Kier molecular flexibility index (Phi) is 6.39. The van der Waals surface area contributed by atoms with E-state index in [-0.39, 0.29) is 0 Å². The SMILES string of the molecule is COC(=O)C=CC=CCS(=O)c1ccc(Cl)cc1. The van der Waals surface area contributed by atoms with E-state index in [1.807, 2.05) is 0 Å². The highest BCUT2D eigenvalue weighted by atomic mass is 35.5. The highest BCUT2D eigenvalue weighted by Gasteiger charge is 2.00. The molecule has 0 saturated heterocycles. The number of carbonyl (C=O) groups excluding carboxylic acids is 1. The van der Waals surface area contributed by atoms with Gasteiger partial charge in [0.1, 0.15) is 0 Å². The second-order valence-corrected chi connectivity index (χ2v) is 5.21. The molecule has 96 valence electrons. The number of rotatable bonds is 5. The highest BCUT2D eigenvalue weighted by Crippen LogP contribution is 2.12. The van der Waals surface area contributed by atoms with Crippen LogP contribution in [-0.2, 0) is 20.3 Å². The van der Waals surface area contributed by atoms with Crippen molar-refractivity contribution >= 4 is 28.4 Å². The van der Waals surface area contributed by atoms with E-state index < -0.39 is 16.8 Å². The van der Waals surface area contributed by atoms with Crippen LogP contribution in [0.2, 0.25) is 5.02 Å². The fraction of sp³-hybridized carbons (Fsp3) is 0.154. The third-order valence-electron chi connectivity index (χ3n) is 2.00. The molecule has 18 heavy (non-hydrogen) atoms. The Bertz CT molecular complexity index is 478. The molecule has 0 fully saturated rings. The van der Waals surface area contributed by atoms with E-state index >= 15 is 0 Å². The number of halogens is 1. The van der Waals surface area contributed by atoms with Crippen LogP contribution in [-0.4, -0.2) is 23.0 Å². The van der Waals surface area contributed by atoms with Crippen LogP contribution in [0.4, 0.5) is 0 Å². The summed E-state index contributed by atoms with van der Waals surface area (Å²) in [5, 5.41) is 0.618. The lowest BCUT2D eigenvalue weighted by atomic mass is 10.4. The van der Waals surface area contributed by atoms with E-state index in [0.29, 0.717) is 10.8 Å². The van der Waals surface area contributed by atoms with E-state index in [1.54, 1.807) is 42.5 Å². The molecule has 0 amide bonds. The van der Waals surface area contributed by atoms with Crippen LogP contribution in [0.3, 0.4) is 0 Å². The van der Waals surface area contributed by atoms with Crippen molar-refractivity contribution in [3.63, 3.8) is 0 Å². The number of hydrogen-bond acceptors (Lipinski definition) is 3. The minimum absolute atomic E-state index is 0.382. The van der Waals surface area contributed by atoms with Crippen molar-refractivity contribution < 1.29 is 13.7 Å². The van der Waals surface area contributed by atoms with Crippen molar-refractivity contribution in [3.8, 4) is 0 Å². The van der Waals surface area contributed by atoms with Crippen molar-refractivity contribution in [1.82, 2.24) is 0 Å². The molecule has 0 aliphatic heterocycles. The number of esters is 1. The fourth-order valence-corrected chi connectivity index (χ4v) is 2.15. The number of allylic oxidation sites excluding steroid dienone is 2. The summed E-state index contributed by atoms with van der Waals surface area (Å²) in [6.45, 7) is 0. The van der Waals surface area contributed by atoms with Gasteiger partial charge in [-0.05, 0) is 24.3 Å². The number of hydrogen-bond donors (Lipinski definition) is 0. The number of benzene rings is 1. The number of ether oxygens (including phenoxy) is 1. The molecule has 1 aromatic carbocycles. The molecule has 0 radical (unpaired) electrons. The predicted molar refractivity (Wildman–Crippen MR) is 73.0 cm³/mol. The average Bonchev–Trinajstić information content (AvgIpc) is 2.38. The van der Waals surface area contributed by atoms with Crippen molar-refractivity contribution in [2.45, 2.75) is 4.90 Å². The smallest absolute Gasteiger partial charge is 0.330 e. The van der Waals surface area contributed by atoms with Gasteiger partial charge in [-0.25, -0.2) is 4.79 Å². The third kappa shape index (κ3) is 5.29. The van der Waals surface area contributed by atoms with Crippen molar-refractivity contribution in [3.05, 3.63) is 53.6 Å². The minimum atomic E-state index is -1.10. The fourth-order valence-electron chi connectivity index (χ4n) is 1.11. The summed E-state index contributed by atoms with van der Waals surface area (Å²) in [4.78, 5) is 11.5. The van der Waals surface area contributed by atoms with Gasteiger partial charge >= 0.3 is 5.97 Å². The Labute approximate surface area is 114 Å². The van der Waals surface area contributed by atoms with Gasteiger partial charge in [-0.1, -0.05) is 29.8 Å². The number of carbonyl (C=O) groups is 1. The van der Waals surface area contributed by atoms with Crippen LogP contribution in [0.1, 0.15) is 0 Å². The summed E-state index contributed by atoms with van der Waals surface area (Å²) in [7, 11) is 0.208. The monoisotopic (exact) mass is 284 g/mol. The van der Waals surface area contributed by atoms with E-state index in [1.165, 1.54) is 13.2 Å². The van der Waals surface area contributed by atoms with Gasteiger partial charge in [-0.2, -0.15) is 0 Å². The molecule has 0 N–H and O–H groups in total. The van der Waals surface area contributed by atoms with Gasteiger partial charge in [-0.3, -0.25) is 4.21 Å². The van der Waals surface area contributed by atoms with E-state index in [9.17, 15) is 9.00 Å². The maximum atomic E-state index is 11.8. The quantitative estimate of drug-likeness (QED) is 0.474. The first-order valence-corrected chi connectivity index (χ1v) is 6.88. The summed E-state index contributed by atoms with van der Waals surface area (Å²) in [5.41, 5.74) is 0. The van der Waals surface area contributed by atoms with Crippen LogP contribution < -0.4 is 0 Å². The molecule has 1 rings (SSSR count). The maximum absolute atomic E-state index is 11.8. The van der Waals surface area contributed by atoms with Gasteiger partial charge in [0.05, 0.1) is 17.9 Å². The molecular formula is C13H13ClO3S. The first-order valence-electron chi connectivity index (χ1n) is 5.18. The summed E-state index contributed by atoms with van der Waals surface area (Å²) < 4.78 is 16.2. The lowest BCUT2D eigenvalue weighted by Crippen LogP contribution is -1.95. The zero-order valence-electron chi connectivity index (χ0n) is 9.84. The molecule has 3 nitrogen and oxygen atoms in total. The first kappa shape index (κ1) is 14.7. The van der Waals surface area contributed by atoms with E-state index in [2.05, 4.69) is 4.74 Å². The van der Waals surface area contributed by atoms with Gasteiger partial charge < -0.3 is 4.74 Å². The normalized spacial score (nSPS) is 13.0. The lowest BCUT2D eigenvalue weighted by Gasteiger charge is -1.98. The topological polar surface area (TPSA) is 43.4 Å². The second-order valence-electron chi connectivity index (χ2n) is 3.28. The van der Waals surface area contributed by atoms with Gasteiger partial charge in [0, 0.05) is 21.7 Å². The molecule has 0 aliphatic rings. The Morgan fingerprint density at radius 1 is 1.33 bits per heavy atom. The van der Waals surface area contributed by atoms with Gasteiger partial charge in [0.25, 0.3) is 0 Å². The molecule has 0 spiro atoms. The van der Waals surface area contributed by atoms with Crippen LogP contribution >= 0.6 is 11.6 Å². The summed E-state index contributed by atoms with van der Waals surface area (Å²) in [6, 6.07) is 6.87. The second kappa shape index (κ2) is 7.84. The Balaban J connectivity index is 2.46. The predicted octanol–water partition coefficient (Wildman–Crippen LogP) is 2.73. The van der Waals surface area contributed by atoms with Crippen LogP contribution in [0.15, 0.2) is 53.5 Å². The standard InChI is InChI=1S/C13H13ClO3S/c1-17-13(15)5-3-2-4-10-18(16)12-8-6-11(14)7-9-12/h2-9H,10H2,1H3. The zero-order valence-corrected chi connectivity index (χ0v) is 11.4. The first-order chi connectivity index (χ1) is 8.63. The van der Waals surface area contributed by atoms with Gasteiger partial charge in [0.15, 0.2) is 0 Å². The molecule has 0 heterocycles. The summed E-state index contributed by atoms with van der Waals surface area (Å²) in [5.74, 6) is -0.0360. The Morgan fingerprint density at radius 2 is 2.00 bits per heavy atom. The molecule has 0 aromatic heterocycles. The molecule has 5 heteroatoms. The van der Waals surface area contributed by atoms with Crippen LogP contribution in [0.25, 0.3) is 0 Å². The van der Waals surface area contributed by atoms with E-state index in [4.69, 9.17) is 11.6 Å². The Hall–Kier alpha value is -1.39. The summed E-state index contributed by atoms with van der Waals surface area (Å²) in [6.07, 6.45) is 6.22. The van der Waals surface area contributed by atoms with Gasteiger partial charge in [-0.15, -0.1) is 0 Å². The molecule has 1 atom stereocenters. The van der Waals surface area contributed by atoms with Crippen molar-refractivity contribution in [1.29, 1.82) is 0 Å². The molecule has 1 unspecified atom stereocenters. The average molecular weight is 285 g/mol. The highest BCUT2D eigenvalue weighted by molar-refractivity contribution is 7.85. The zero-order chi connectivity index (χ0) is 13.4. The molecule has 0 saturated carbocycles. The summed E-state index contributed by atoms with van der Waals surface area (Å²) >= 11 is 5.74. The lowest BCUT2D eigenvalue weighted by molar-refractivity contribution is -0.134. The van der Waals surface area contributed by atoms with Crippen LogP contribution in [0.5, 0.6) is 0 Å². The minimum Gasteiger partial charge on any atom is -0.466 e. The van der Waals surface area contributed by atoms with Crippen molar-refractivity contribution in [2.24, 2.45) is 0 Å². The largest absolute Gasteiger partial charge is 0.466 e. The van der Waals surface area contributed by atoms with E-state index in [0.717, 1.165) is 4.90 Å². The van der Waals surface area contributed by atoms with Gasteiger partial charge in [0.2, 0.25) is 0 Å². The Morgan fingerprint density at radius 3 is 2.61 bits per heavy atom. The maximum Gasteiger partial charge on any atom is 0.330 e.